The summed E-state index contributed by atoms with van der Waals surface area (Å²) in [5, 5.41) is 18.8. The van der Waals surface area contributed by atoms with E-state index in [0.29, 0.717) is 13.1 Å². The Hall–Kier alpha value is -1.55. The van der Waals surface area contributed by atoms with Crippen LogP contribution < -0.4 is 0 Å². The molecule has 2 rings (SSSR count). The molecular weight excluding hydrogens is 218 g/mol. The van der Waals surface area contributed by atoms with Gasteiger partial charge in [-0.15, -0.1) is 0 Å². The average Bonchev–Trinajstić information content (AvgIpc) is 2.29. The predicted octanol–water partition coefficient (Wildman–Crippen LogP) is 0.918. The highest BCUT2D eigenvalue weighted by Crippen LogP contribution is 2.15. The van der Waals surface area contributed by atoms with E-state index < -0.39 is 6.10 Å². The van der Waals surface area contributed by atoms with Gasteiger partial charge in [-0.3, -0.25) is 4.79 Å². The molecule has 0 unspecified atom stereocenters. The number of β-amino-alcohol motifs (C(OH)–C–C–N with tert-alkyl or cyclic N) is 1. The van der Waals surface area contributed by atoms with Crippen molar-refractivity contribution in [2.75, 3.05) is 13.1 Å². The van der Waals surface area contributed by atoms with Gasteiger partial charge in [-0.25, -0.2) is 0 Å². The van der Waals surface area contributed by atoms with Crippen molar-refractivity contribution in [2.24, 2.45) is 0 Å². The standard InChI is InChI=1S/C13H17NO3/c15-11-4-1-3-10(7-11)8-13(17)14-6-2-5-12(16)9-14/h1,3-4,7,12,15-16H,2,5-6,8-9H2/t12-/m0/s1. The van der Waals surface area contributed by atoms with E-state index in [9.17, 15) is 15.0 Å². The number of aromatic hydroxyl groups is 1. The number of amides is 1. The summed E-state index contributed by atoms with van der Waals surface area (Å²) < 4.78 is 0. The molecule has 92 valence electrons. The molecule has 0 saturated carbocycles. The molecule has 1 amide bonds. The van der Waals surface area contributed by atoms with Crippen molar-refractivity contribution in [1.29, 1.82) is 0 Å². The Morgan fingerprint density at radius 2 is 2.29 bits per heavy atom. The summed E-state index contributed by atoms with van der Waals surface area (Å²) in [5.74, 6) is 0.184. The van der Waals surface area contributed by atoms with Gasteiger partial charge in [0.1, 0.15) is 5.75 Å². The zero-order chi connectivity index (χ0) is 12.3. The molecule has 1 atom stereocenters. The number of likely N-dealkylation sites (tertiary alicyclic amines) is 1. The Bertz CT molecular complexity index is 405. The lowest BCUT2D eigenvalue weighted by Crippen LogP contribution is -2.42. The lowest BCUT2D eigenvalue weighted by atomic mass is 10.1. The summed E-state index contributed by atoms with van der Waals surface area (Å²) in [5.41, 5.74) is 0.801. The maximum atomic E-state index is 12.0. The van der Waals surface area contributed by atoms with Gasteiger partial charge < -0.3 is 15.1 Å². The SMILES string of the molecule is O=C(Cc1cccc(O)c1)N1CCC[C@H](O)C1. The van der Waals surface area contributed by atoms with Crippen LogP contribution in [-0.4, -0.2) is 40.2 Å². The van der Waals surface area contributed by atoms with E-state index >= 15 is 0 Å². The number of benzene rings is 1. The van der Waals surface area contributed by atoms with Crippen LogP contribution in [0.25, 0.3) is 0 Å². The van der Waals surface area contributed by atoms with Crippen molar-refractivity contribution in [2.45, 2.75) is 25.4 Å². The molecule has 0 aromatic heterocycles. The summed E-state index contributed by atoms with van der Waals surface area (Å²) in [6, 6.07) is 6.72. The minimum Gasteiger partial charge on any atom is -0.508 e. The number of carbonyl (C=O) groups excluding carboxylic acids is 1. The minimum atomic E-state index is -0.392. The van der Waals surface area contributed by atoms with E-state index in [0.717, 1.165) is 18.4 Å². The summed E-state index contributed by atoms with van der Waals surface area (Å²) in [4.78, 5) is 13.7. The Morgan fingerprint density at radius 1 is 1.47 bits per heavy atom. The van der Waals surface area contributed by atoms with Gasteiger partial charge >= 0.3 is 0 Å². The van der Waals surface area contributed by atoms with Crippen LogP contribution in [-0.2, 0) is 11.2 Å². The zero-order valence-corrected chi connectivity index (χ0v) is 9.67. The molecule has 1 aromatic rings. The molecule has 0 radical (unpaired) electrons. The molecule has 2 N–H and O–H groups in total. The first-order valence-corrected chi connectivity index (χ1v) is 5.89. The van der Waals surface area contributed by atoms with Crippen LogP contribution in [0.15, 0.2) is 24.3 Å². The van der Waals surface area contributed by atoms with Gasteiger partial charge in [0.15, 0.2) is 0 Å². The first-order valence-electron chi connectivity index (χ1n) is 5.89. The quantitative estimate of drug-likeness (QED) is 0.801. The number of rotatable bonds is 2. The van der Waals surface area contributed by atoms with Gasteiger partial charge in [-0.1, -0.05) is 12.1 Å². The molecule has 4 heteroatoms. The highest BCUT2D eigenvalue weighted by molar-refractivity contribution is 5.79. The van der Waals surface area contributed by atoms with Gasteiger partial charge in [-0.05, 0) is 30.5 Å². The van der Waals surface area contributed by atoms with Gasteiger partial charge in [-0.2, -0.15) is 0 Å². The number of nitrogens with zero attached hydrogens (tertiary/aromatic N) is 1. The van der Waals surface area contributed by atoms with Crippen molar-refractivity contribution in [3.05, 3.63) is 29.8 Å². The number of aliphatic hydroxyl groups is 1. The number of phenols is 1. The van der Waals surface area contributed by atoms with Crippen molar-refractivity contribution >= 4 is 5.91 Å². The Morgan fingerprint density at radius 3 is 3.00 bits per heavy atom. The molecule has 1 fully saturated rings. The largest absolute Gasteiger partial charge is 0.508 e. The smallest absolute Gasteiger partial charge is 0.227 e. The van der Waals surface area contributed by atoms with E-state index in [1.807, 2.05) is 6.07 Å². The van der Waals surface area contributed by atoms with Crippen molar-refractivity contribution in [3.63, 3.8) is 0 Å². The second kappa shape index (κ2) is 5.19. The summed E-state index contributed by atoms with van der Waals surface area (Å²) >= 11 is 0. The van der Waals surface area contributed by atoms with Crippen LogP contribution in [0.4, 0.5) is 0 Å². The molecule has 0 bridgehead atoms. The van der Waals surface area contributed by atoms with E-state index in [1.54, 1.807) is 23.1 Å². The maximum absolute atomic E-state index is 12.0. The first-order chi connectivity index (χ1) is 8.15. The molecule has 4 nitrogen and oxygen atoms in total. The molecule has 1 saturated heterocycles. The maximum Gasteiger partial charge on any atom is 0.227 e. The lowest BCUT2D eigenvalue weighted by Gasteiger charge is -2.30. The normalized spacial score (nSPS) is 20.3. The molecule has 0 aliphatic carbocycles. The number of hydrogen-bond acceptors (Lipinski definition) is 3. The van der Waals surface area contributed by atoms with Crippen molar-refractivity contribution in [1.82, 2.24) is 4.90 Å². The first kappa shape index (κ1) is 11.9. The predicted molar refractivity (Wildman–Crippen MR) is 63.6 cm³/mol. The number of carbonyl (C=O) groups is 1. The summed E-state index contributed by atoms with van der Waals surface area (Å²) in [6.07, 6.45) is 1.51. The van der Waals surface area contributed by atoms with Gasteiger partial charge in [0, 0.05) is 13.1 Å². The lowest BCUT2D eigenvalue weighted by molar-refractivity contribution is -0.133. The van der Waals surface area contributed by atoms with Crippen LogP contribution in [0.1, 0.15) is 18.4 Å². The minimum absolute atomic E-state index is 0.00866. The summed E-state index contributed by atoms with van der Waals surface area (Å²) in [6.45, 7) is 1.15. The average molecular weight is 235 g/mol. The van der Waals surface area contributed by atoms with Gasteiger partial charge in [0.2, 0.25) is 5.91 Å². The van der Waals surface area contributed by atoms with Crippen LogP contribution in [0.2, 0.25) is 0 Å². The molecule has 1 aliphatic heterocycles. The van der Waals surface area contributed by atoms with Gasteiger partial charge in [0.05, 0.1) is 12.5 Å². The molecule has 1 heterocycles. The fourth-order valence-corrected chi connectivity index (χ4v) is 2.13. The van der Waals surface area contributed by atoms with E-state index in [2.05, 4.69) is 0 Å². The van der Waals surface area contributed by atoms with Crippen LogP contribution in [0.5, 0.6) is 5.75 Å². The van der Waals surface area contributed by atoms with Crippen molar-refractivity contribution in [3.8, 4) is 5.75 Å². The Balaban J connectivity index is 1.96. The molecule has 1 aliphatic rings. The number of hydrogen-bond donors (Lipinski definition) is 2. The summed E-state index contributed by atoms with van der Waals surface area (Å²) in [7, 11) is 0. The second-order valence-electron chi connectivity index (χ2n) is 4.48. The molecule has 1 aromatic carbocycles. The number of phenolic OH excluding ortho intramolecular Hbond substituents is 1. The van der Waals surface area contributed by atoms with Crippen LogP contribution in [0.3, 0.4) is 0 Å². The van der Waals surface area contributed by atoms with E-state index in [1.165, 1.54) is 0 Å². The number of piperidine rings is 1. The second-order valence-corrected chi connectivity index (χ2v) is 4.48. The third-order valence-electron chi connectivity index (χ3n) is 3.02. The van der Waals surface area contributed by atoms with Crippen molar-refractivity contribution < 1.29 is 15.0 Å². The Labute approximate surface area is 100 Å². The highest BCUT2D eigenvalue weighted by atomic mass is 16.3. The third-order valence-corrected chi connectivity index (χ3v) is 3.02. The van der Waals surface area contributed by atoms with Crippen LogP contribution in [0, 0.1) is 0 Å². The molecule has 17 heavy (non-hydrogen) atoms. The topological polar surface area (TPSA) is 60.8 Å². The third kappa shape index (κ3) is 3.20. The van der Waals surface area contributed by atoms with Gasteiger partial charge in [0.25, 0.3) is 0 Å². The zero-order valence-electron chi connectivity index (χ0n) is 9.67. The Kier molecular flexibility index (Phi) is 3.64. The monoisotopic (exact) mass is 235 g/mol. The fourth-order valence-electron chi connectivity index (χ4n) is 2.13. The van der Waals surface area contributed by atoms with E-state index in [4.69, 9.17) is 0 Å². The van der Waals surface area contributed by atoms with E-state index in [-0.39, 0.29) is 18.1 Å². The number of aliphatic hydroxyl groups excluding tert-OH is 1. The highest BCUT2D eigenvalue weighted by Gasteiger charge is 2.21. The fraction of sp³-hybridized carbons (Fsp3) is 0.462. The molecular formula is C13H17NO3. The van der Waals surface area contributed by atoms with Crippen LogP contribution >= 0.6 is 0 Å². The molecule has 0 spiro atoms.